The molecule has 2 aromatic heterocycles. The number of carbonyl (C=O) groups excluding carboxylic acids is 1. The summed E-state index contributed by atoms with van der Waals surface area (Å²) >= 11 is 0. The van der Waals surface area contributed by atoms with Gasteiger partial charge >= 0.3 is 0 Å². The van der Waals surface area contributed by atoms with Gasteiger partial charge < -0.3 is 19.3 Å². The quantitative estimate of drug-likeness (QED) is 0.740. The second-order valence-corrected chi connectivity index (χ2v) is 5.34. The molecule has 0 aliphatic rings. The minimum Gasteiger partial charge on any atom is -0.497 e. The fraction of sp³-hybridized carbons (Fsp3) is 0.235. The molecular weight excluding hydrogens is 324 g/mol. The summed E-state index contributed by atoms with van der Waals surface area (Å²) in [5.74, 6) is 1.65. The lowest BCUT2D eigenvalue weighted by Gasteiger charge is -2.07. The molecular formula is C17H18N4O4. The zero-order valence-corrected chi connectivity index (χ0v) is 14.1. The van der Waals surface area contributed by atoms with Crippen molar-refractivity contribution in [2.75, 3.05) is 12.4 Å². The summed E-state index contributed by atoms with van der Waals surface area (Å²) in [4.78, 5) is 12.3. The van der Waals surface area contributed by atoms with Gasteiger partial charge in [0.1, 0.15) is 22.9 Å². The van der Waals surface area contributed by atoms with E-state index in [-0.39, 0.29) is 18.3 Å². The van der Waals surface area contributed by atoms with Gasteiger partial charge in [-0.1, -0.05) is 5.16 Å². The lowest BCUT2D eigenvalue weighted by atomic mass is 10.3. The van der Waals surface area contributed by atoms with Crippen LogP contribution in [-0.2, 0) is 6.73 Å². The lowest BCUT2D eigenvalue weighted by Crippen LogP contribution is -2.15. The van der Waals surface area contributed by atoms with Crippen molar-refractivity contribution >= 4 is 11.6 Å². The van der Waals surface area contributed by atoms with Gasteiger partial charge in [0.2, 0.25) is 0 Å². The van der Waals surface area contributed by atoms with E-state index in [1.807, 2.05) is 0 Å². The number of benzene rings is 1. The van der Waals surface area contributed by atoms with E-state index in [1.165, 1.54) is 4.68 Å². The molecule has 1 aromatic carbocycles. The summed E-state index contributed by atoms with van der Waals surface area (Å²) in [7, 11) is 1.61. The standard InChI is InChI=1S/C17H18N4O4/c1-11-16(12(2)25-20-11)18-17(22)15-8-9-21(19-15)10-24-14-6-4-13(23-3)5-7-14/h4-9H,10H2,1-3H3,(H,18,22). The Morgan fingerprint density at radius 3 is 2.56 bits per heavy atom. The van der Waals surface area contributed by atoms with Crippen LogP contribution in [0, 0.1) is 13.8 Å². The highest BCUT2D eigenvalue weighted by atomic mass is 16.5. The van der Waals surface area contributed by atoms with Crippen molar-refractivity contribution in [1.29, 1.82) is 0 Å². The second kappa shape index (κ2) is 7.08. The number of methoxy groups -OCH3 is 1. The summed E-state index contributed by atoms with van der Waals surface area (Å²) in [6.45, 7) is 3.68. The molecule has 8 nitrogen and oxygen atoms in total. The Labute approximate surface area is 144 Å². The van der Waals surface area contributed by atoms with Crippen LogP contribution in [-0.4, -0.2) is 28.0 Å². The highest BCUT2D eigenvalue weighted by Crippen LogP contribution is 2.19. The number of aromatic nitrogens is 3. The van der Waals surface area contributed by atoms with Gasteiger partial charge in [-0.25, -0.2) is 4.68 Å². The van der Waals surface area contributed by atoms with Crippen molar-refractivity contribution in [2.24, 2.45) is 0 Å². The molecule has 3 aromatic rings. The van der Waals surface area contributed by atoms with E-state index >= 15 is 0 Å². The van der Waals surface area contributed by atoms with Crippen molar-refractivity contribution in [2.45, 2.75) is 20.6 Å². The van der Waals surface area contributed by atoms with Crippen LogP contribution in [0.3, 0.4) is 0 Å². The minimum absolute atomic E-state index is 0.185. The first-order valence-electron chi connectivity index (χ1n) is 7.61. The highest BCUT2D eigenvalue weighted by Gasteiger charge is 2.15. The van der Waals surface area contributed by atoms with Gasteiger partial charge in [-0.15, -0.1) is 0 Å². The van der Waals surface area contributed by atoms with Crippen molar-refractivity contribution < 1.29 is 18.8 Å². The number of amides is 1. The fourth-order valence-corrected chi connectivity index (χ4v) is 2.21. The lowest BCUT2D eigenvalue weighted by molar-refractivity contribution is 0.102. The summed E-state index contributed by atoms with van der Waals surface area (Å²) in [6.07, 6.45) is 1.67. The number of nitrogens with one attached hydrogen (secondary N) is 1. The smallest absolute Gasteiger partial charge is 0.276 e. The predicted molar refractivity (Wildman–Crippen MR) is 89.8 cm³/mol. The molecule has 0 bridgehead atoms. The SMILES string of the molecule is COc1ccc(OCn2ccc(C(=O)Nc3c(C)noc3C)n2)cc1. The van der Waals surface area contributed by atoms with Crippen LogP contribution >= 0.6 is 0 Å². The molecule has 3 rings (SSSR count). The van der Waals surface area contributed by atoms with Gasteiger partial charge in [-0.2, -0.15) is 5.10 Å². The number of carbonyl (C=O) groups is 1. The molecule has 1 amide bonds. The second-order valence-electron chi connectivity index (χ2n) is 5.34. The molecule has 1 N–H and O–H groups in total. The zero-order valence-electron chi connectivity index (χ0n) is 14.1. The number of aryl methyl sites for hydroxylation is 2. The summed E-state index contributed by atoms with van der Waals surface area (Å²) in [5, 5.41) is 10.8. The maximum atomic E-state index is 12.3. The molecule has 0 unspecified atom stereocenters. The molecule has 0 fully saturated rings. The molecule has 130 valence electrons. The summed E-state index contributed by atoms with van der Waals surface area (Å²) < 4.78 is 17.3. The third-order valence-electron chi connectivity index (χ3n) is 3.57. The predicted octanol–water partition coefficient (Wildman–Crippen LogP) is 2.79. The van der Waals surface area contributed by atoms with Gasteiger partial charge in [0.15, 0.2) is 18.2 Å². The molecule has 2 heterocycles. The topological polar surface area (TPSA) is 91.4 Å². The summed E-state index contributed by atoms with van der Waals surface area (Å²) in [6, 6.07) is 8.83. The molecule has 8 heteroatoms. The van der Waals surface area contributed by atoms with Gasteiger partial charge in [-0.05, 0) is 44.2 Å². The highest BCUT2D eigenvalue weighted by molar-refractivity contribution is 6.03. The Hall–Kier alpha value is -3.29. The minimum atomic E-state index is -0.336. The fourth-order valence-electron chi connectivity index (χ4n) is 2.21. The molecule has 0 aliphatic carbocycles. The van der Waals surface area contributed by atoms with Crippen LogP contribution in [0.1, 0.15) is 21.9 Å². The molecule has 0 radical (unpaired) electrons. The van der Waals surface area contributed by atoms with Crippen molar-refractivity contribution in [3.05, 3.63) is 53.7 Å². The van der Waals surface area contributed by atoms with Gasteiger partial charge in [0.05, 0.1) is 7.11 Å². The van der Waals surface area contributed by atoms with Gasteiger partial charge in [0, 0.05) is 6.20 Å². The third kappa shape index (κ3) is 3.79. The average Bonchev–Trinajstić information content (AvgIpc) is 3.22. The van der Waals surface area contributed by atoms with Gasteiger partial charge in [-0.3, -0.25) is 4.79 Å². The Balaban J connectivity index is 1.60. The molecule has 0 atom stereocenters. The van der Waals surface area contributed by atoms with E-state index in [0.29, 0.717) is 22.9 Å². The molecule has 0 spiro atoms. The van der Waals surface area contributed by atoms with Crippen LogP contribution < -0.4 is 14.8 Å². The first kappa shape index (κ1) is 16.6. The van der Waals surface area contributed by atoms with E-state index in [9.17, 15) is 4.79 Å². The first-order valence-corrected chi connectivity index (χ1v) is 7.61. The van der Waals surface area contributed by atoms with Crippen molar-refractivity contribution in [1.82, 2.24) is 14.9 Å². The number of anilines is 1. The molecule has 0 saturated heterocycles. The van der Waals surface area contributed by atoms with Crippen molar-refractivity contribution in [3.63, 3.8) is 0 Å². The number of hydrogen-bond acceptors (Lipinski definition) is 6. The first-order chi connectivity index (χ1) is 12.1. The Bertz CT molecular complexity index is 848. The molecule has 0 saturated carbocycles. The number of nitrogens with zero attached hydrogens (tertiary/aromatic N) is 3. The maximum absolute atomic E-state index is 12.3. The normalized spacial score (nSPS) is 10.5. The van der Waals surface area contributed by atoms with Crippen LogP contribution in [0.2, 0.25) is 0 Å². The van der Waals surface area contributed by atoms with Gasteiger partial charge in [0.25, 0.3) is 5.91 Å². The third-order valence-corrected chi connectivity index (χ3v) is 3.57. The number of rotatable bonds is 6. The monoisotopic (exact) mass is 342 g/mol. The van der Waals surface area contributed by atoms with E-state index in [4.69, 9.17) is 14.0 Å². The zero-order chi connectivity index (χ0) is 17.8. The van der Waals surface area contributed by atoms with E-state index in [0.717, 1.165) is 5.75 Å². The Kier molecular flexibility index (Phi) is 4.69. The van der Waals surface area contributed by atoms with Crippen LogP contribution in [0.4, 0.5) is 5.69 Å². The van der Waals surface area contributed by atoms with E-state index < -0.39 is 0 Å². The molecule has 0 aliphatic heterocycles. The maximum Gasteiger partial charge on any atom is 0.276 e. The Morgan fingerprint density at radius 2 is 1.92 bits per heavy atom. The van der Waals surface area contributed by atoms with Crippen LogP contribution in [0.5, 0.6) is 11.5 Å². The largest absolute Gasteiger partial charge is 0.497 e. The van der Waals surface area contributed by atoms with Crippen molar-refractivity contribution in [3.8, 4) is 11.5 Å². The molecule has 25 heavy (non-hydrogen) atoms. The number of hydrogen-bond donors (Lipinski definition) is 1. The average molecular weight is 342 g/mol. The van der Waals surface area contributed by atoms with E-state index in [2.05, 4.69) is 15.6 Å². The summed E-state index contributed by atoms with van der Waals surface area (Å²) in [5.41, 5.74) is 1.46. The Morgan fingerprint density at radius 1 is 1.20 bits per heavy atom. The van der Waals surface area contributed by atoms with Crippen LogP contribution in [0.25, 0.3) is 0 Å². The number of ether oxygens (including phenoxy) is 2. The van der Waals surface area contributed by atoms with Crippen LogP contribution in [0.15, 0.2) is 41.1 Å². The van der Waals surface area contributed by atoms with E-state index in [1.54, 1.807) is 57.5 Å².